The van der Waals surface area contributed by atoms with Gasteiger partial charge in [0.25, 0.3) is 11.8 Å². The zero-order chi connectivity index (χ0) is 29.7. The molecule has 0 aliphatic rings. The lowest BCUT2D eigenvalue weighted by Crippen LogP contribution is -2.30. The number of benzene rings is 4. The molecule has 3 amide bonds. The minimum Gasteiger partial charge on any atom is -0.494 e. The number of hydrogen-bond donors (Lipinski definition) is 3. The summed E-state index contributed by atoms with van der Waals surface area (Å²) in [6.07, 6.45) is 2.24. The maximum Gasteiger partial charge on any atom is 0.272 e. The number of thioether (sulfide) groups is 1. The summed E-state index contributed by atoms with van der Waals surface area (Å²) < 4.78 is 5.51. The fraction of sp³-hybridized carbons (Fsp3) is 0.147. The summed E-state index contributed by atoms with van der Waals surface area (Å²) in [6, 6.07) is 32.6. The highest BCUT2D eigenvalue weighted by molar-refractivity contribution is 8.00. The lowest BCUT2D eigenvalue weighted by molar-refractivity contribution is -0.116. The van der Waals surface area contributed by atoms with Gasteiger partial charge >= 0.3 is 0 Å². The quantitative estimate of drug-likeness (QED) is 0.124. The summed E-state index contributed by atoms with van der Waals surface area (Å²) in [5.41, 5.74) is 2.51. The van der Waals surface area contributed by atoms with Crippen LogP contribution in [-0.2, 0) is 9.59 Å². The summed E-state index contributed by atoms with van der Waals surface area (Å²) in [5, 5.41) is 8.28. The second-order valence-electron chi connectivity index (χ2n) is 9.23. The zero-order valence-electron chi connectivity index (χ0n) is 23.5. The van der Waals surface area contributed by atoms with Gasteiger partial charge in [-0.15, -0.1) is 11.8 Å². The Labute approximate surface area is 250 Å². The average molecular weight is 580 g/mol. The van der Waals surface area contributed by atoms with E-state index in [1.165, 1.54) is 11.8 Å². The molecule has 1 atom stereocenters. The van der Waals surface area contributed by atoms with E-state index in [4.69, 9.17) is 4.74 Å². The molecule has 0 bridgehead atoms. The van der Waals surface area contributed by atoms with Crippen molar-refractivity contribution < 1.29 is 19.1 Å². The Morgan fingerprint density at radius 3 is 2.12 bits per heavy atom. The van der Waals surface area contributed by atoms with Gasteiger partial charge in [-0.2, -0.15) is 0 Å². The number of nitrogens with one attached hydrogen (secondary N) is 3. The third kappa shape index (κ3) is 8.84. The zero-order valence-corrected chi connectivity index (χ0v) is 24.3. The number of para-hydroxylation sites is 1. The molecule has 4 aromatic carbocycles. The van der Waals surface area contributed by atoms with Crippen molar-refractivity contribution in [1.29, 1.82) is 0 Å². The van der Waals surface area contributed by atoms with Crippen molar-refractivity contribution >= 4 is 46.9 Å². The topological polar surface area (TPSA) is 96.5 Å². The summed E-state index contributed by atoms with van der Waals surface area (Å²) in [6.45, 7) is 4.41. The highest BCUT2D eigenvalue weighted by atomic mass is 32.2. The number of amides is 3. The van der Waals surface area contributed by atoms with E-state index in [-0.39, 0.29) is 16.9 Å². The van der Waals surface area contributed by atoms with Crippen LogP contribution < -0.4 is 20.7 Å². The fourth-order valence-electron chi connectivity index (χ4n) is 4.01. The average Bonchev–Trinajstić information content (AvgIpc) is 3.01. The Bertz CT molecular complexity index is 1520. The van der Waals surface area contributed by atoms with Gasteiger partial charge in [0.1, 0.15) is 11.4 Å². The Balaban J connectivity index is 1.50. The number of rotatable bonds is 12. The lowest BCUT2D eigenvalue weighted by Gasteiger charge is -2.16. The molecule has 0 aliphatic heterocycles. The van der Waals surface area contributed by atoms with Gasteiger partial charge in [-0.1, -0.05) is 61.5 Å². The molecule has 3 N–H and O–H groups in total. The predicted molar refractivity (Wildman–Crippen MR) is 170 cm³/mol. The molecule has 0 radical (unpaired) electrons. The van der Waals surface area contributed by atoms with Crippen LogP contribution in [0.2, 0.25) is 0 Å². The first-order chi connectivity index (χ1) is 20.4. The predicted octanol–water partition coefficient (Wildman–Crippen LogP) is 7.00. The van der Waals surface area contributed by atoms with E-state index in [1.54, 1.807) is 36.4 Å². The van der Waals surface area contributed by atoms with E-state index in [0.29, 0.717) is 30.0 Å². The first-order valence-corrected chi connectivity index (χ1v) is 14.6. The van der Waals surface area contributed by atoms with Crippen LogP contribution in [-0.4, -0.2) is 29.6 Å². The second-order valence-corrected chi connectivity index (χ2v) is 10.5. The number of carbonyl (C=O) groups is 3. The first kappa shape index (κ1) is 30.1. The Morgan fingerprint density at radius 2 is 1.45 bits per heavy atom. The van der Waals surface area contributed by atoms with Gasteiger partial charge in [0.15, 0.2) is 0 Å². The molecule has 0 spiro atoms. The van der Waals surface area contributed by atoms with Gasteiger partial charge in [-0.25, -0.2) is 0 Å². The first-order valence-electron chi connectivity index (χ1n) is 13.7. The molecule has 214 valence electrons. The lowest BCUT2D eigenvalue weighted by atomic mass is 10.1. The van der Waals surface area contributed by atoms with Gasteiger partial charge in [0.2, 0.25) is 5.91 Å². The minimum absolute atomic E-state index is 0.0831. The normalized spacial score (nSPS) is 11.7. The second kappa shape index (κ2) is 15.3. The van der Waals surface area contributed by atoms with Crippen LogP contribution in [0, 0.1) is 0 Å². The summed E-state index contributed by atoms with van der Waals surface area (Å²) in [4.78, 5) is 40.1. The standard InChI is InChI=1S/C34H33N3O4S/c1-3-31(34(40)35-26-14-9-6-10-15-26)42-29-17-11-16-27(23-29)36-33(39)30(37-32(38)25-12-7-5-8-13-25)22-24-18-20-28(21-19-24)41-4-2/h5-23,31H,3-4H2,1-2H3,(H,35,40)(H,36,39)(H,37,38)/b30-22+. The van der Waals surface area contributed by atoms with Crippen molar-refractivity contribution in [2.24, 2.45) is 0 Å². The minimum atomic E-state index is -0.482. The smallest absolute Gasteiger partial charge is 0.272 e. The number of ether oxygens (including phenoxy) is 1. The molecule has 0 heterocycles. The van der Waals surface area contributed by atoms with Crippen molar-refractivity contribution in [1.82, 2.24) is 5.32 Å². The van der Waals surface area contributed by atoms with Crippen LogP contribution in [0.4, 0.5) is 11.4 Å². The van der Waals surface area contributed by atoms with Crippen LogP contribution in [0.1, 0.15) is 36.2 Å². The van der Waals surface area contributed by atoms with Gasteiger partial charge in [0.05, 0.1) is 11.9 Å². The number of anilines is 2. The van der Waals surface area contributed by atoms with Gasteiger partial charge in [-0.3, -0.25) is 14.4 Å². The molecular weight excluding hydrogens is 546 g/mol. The van der Waals surface area contributed by atoms with Gasteiger partial charge in [0, 0.05) is 21.8 Å². The van der Waals surface area contributed by atoms with E-state index in [0.717, 1.165) is 16.1 Å². The van der Waals surface area contributed by atoms with Crippen molar-refractivity contribution in [3.63, 3.8) is 0 Å². The van der Waals surface area contributed by atoms with Gasteiger partial charge in [-0.05, 0) is 79.6 Å². The summed E-state index contributed by atoms with van der Waals surface area (Å²) in [5.74, 6) is -0.259. The molecule has 0 aromatic heterocycles. The van der Waals surface area contributed by atoms with Crippen LogP contribution in [0.3, 0.4) is 0 Å². The van der Waals surface area contributed by atoms with Crippen molar-refractivity contribution in [3.8, 4) is 5.75 Å². The Hall–Kier alpha value is -4.82. The number of carbonyl (C=O) groups excluding carboxylic acids is 3. The van der Waals surface area contributed by atoms with E-state index in [9.17, 15) is 14.4 Å². The Morgan fingerprint density at radius 1 is 0.786 bits per heavy atom. The number of hydrogen-bond acceptors (Lipinski definition) is 5. The van der Waals surface area contributed by atoms with Crippen LogP contribution in [0.5, 0.6) is 5.75 Å². The van der Waals surface area contributed by atoms with E-state index < -0.39 is 11.8 Å². The molecule has 0 saturated carbocycles. The van der Waals surface area contributed by atoms with E-state index >= 15 is 0 Å². The Kier molecular flexibility index (Phi) is 10.9. The summed E-state index contributed by atoms with van der Waals surface area (Å²) >= 11 is 1.42. The molecule has 8 heteroatoms. The molecule has 42 heavy (non-hydrogen) atoms. The van der Waals surface area contributed by atoms with Crippen LogP contribution >= 0.6 is 11.8 Å². The fourth-order valence-corrected chi connectivity index (χ4v) is 5.03. The van der Waals surface area contributed by atoms with Crippen LogP contribution in [0.25, 0.3) is 6.08 Å². The van der Waals surface area contributed by atoms with E-state index in [1.807, 2.05) is 92.7 Å². The molecule has 0 saturated heterocycles. The molecule has 4 aromatic rings. The van der Waals surface area contributed by atoms with Crippen LogP contribution in [0.15, 0.2) is 120 Å². The molecule has 0 fully saturated rings. The van der Waals surface area contributed by atoms with Crippen molar-refractivity contribution in [3.05, 3.63) is 126 Å². The molecule has 7 nitrogen and oxygen atoms in total. The summed E-state index contributed by atoms with van der Waals surface area (Å²) in [7, 11) is 0. The SMILES string of the molecule is CCOc1ccc(/C=C(/NC(=O)c2ccccc2)C(=O)Nc2cccc(SC(CC)C(=O)Nc3ccccc3)c2)cc1. The van der Waals surface area contributed by atoms with Gasteiger partial charge < -0.3 is 20.7 Å². The molecular formula is C34H33N3O4S. The maximum absolute atomic E-state index is 13.5. The molecule has 1 unspecified atom stereocenters. The molecule has 0 aliphatic carbocycles. The largest absolute Gasteiger partial charge is 0.494 e. The van der Waals surface area contributed by atoms with Crippen molar-refractivity contribution in [2.75, 3.05) is 17.2 Å². The third-order valence-electron chi connectivity index (χ3n) is 6.11. The molecule has 4 rings (SSSR count). The monoisotopic (exact) mass is 579 g/mol. The highest BCUT2D eigenvalue weighted by Crippen LogP contribution is 2.29. The van der Waals surface area contributed by atoms with E-state index in [2.05, 4.69) is 16.0 Å². The third-order valence-corrected chi connectivity index (χ3v) is 7.46. The highest BCUT2D eigenvalue weighted by Gasteiger charge is 2.19. The van der Waals surface area contributed by atoms with Crippen molar-refractivity contribution in [2.45, 2.75) is 30.4 Å². The maximum atomic E-state index is 13.5.